The van der Waals surface area contributed by atoms with Gasteiger partial charge in [0, 0.05) is 11.5 Å². The fourth-order valence-corrected chi connectivity index (χ4v) is 4.97. The van der Waals surface area contributed by atoms with Crippen LogP contribution in [0.25, 0.3) is 0 Å². The summed E-state index contributed by atoms with van der Waals surface area (Å²) in [5.74, 6) is 1.19. The van der Waals surface area contributed by atoms with Gasteiger partial charge in [0.05, 0.1) is 11.2 Å². The van der Waals surface area contributed by atoms with Crippen molar-refractivity contribution in [3.8, 4) is 5.75 Å². The molecule has 1 heterocycles. The van der Waals surface area contributed by atoms with Crippen LogP contribution in [0.3, 0.4) is 0 Å². The lowest BCUT2D eigenvalue weighted by Gasteiger charge is -2.56. The highest BCUT2D eigenvalue weighted by molar-refractivity contribution is 5.45. The van der Waals surface area contributed by atoms with Crippen molar-refractivity contribution in [3.05, 3.63) is 29.3 Å². The second-order valence-electron chi connectivity index (χ2n) is 6.44. The maximum absolute atomic E-state index is 7.33. The van der Waals surface area contributed by atoms with E-state index in [1.807, 2.05) is 12.1 Å². The first kappa shape index (κ1) is 9.02. The van der Waals surface area contributed by atoms with Crippen LogP contribution in [-0.2, 0) is 11.8 Å². The average molecular weight is 260 g/mol. The summed E-state index contributed by atoms with van der Waals surface area (Å²) in [7, 11) is -2.37. The van der Waals surface area contributed by atoms with Gasteiger partial charge in [-0.15, -0.1) is 0 Å². The summed E-state index contributed by atoms with van der Waals surface area (Å²) >= 11 is 0. The zero-order valence-electron chi connectivity index (χ0n) is 14.2. The molecule has 4 rings (SSSR count). The van der Waals surface area contributed by atoms with Crippen LogP contribution < -0.4 is 10.1 Å². The zero-order valence-corrected chi connectivity index (χ0v) is 11.2. The summed E-state index contributed by atoms with van der Waals surface area (Å²) in [6, 6.07) is 6.53. The molecule has 1 aromatic rings. The number of ether oxygens (including phenoxy) is 1. The molecule has 1 saturated carbocycles. The first-order valence-electron chi connectivity index (χ1n) is 9.04. The number of piperidine rings is 1. The van der Waals surface area contributed by atoms with E-state index in [2.05, 4.69) is 11.4 Å². The van der Waals surface area contributed by atoms with Crippen molar-refractivity contribution in [3.63, 3.8) is 0 Å². The van der Waals surface area contributed by atoms with Gasteiger partial charge in [0.15, 0.2) is 0 Å². The van der Waals surface area contributed by atoms with Crippen molar-refractivity contribution < 1.29 is 8.85 Å². The van der Waals surface area contributed by atoms with Crippen LogP contribution in [0.5, 0.6) is 5.75 Å². The molecule has 2 heteroatoms. The van der Waals surface area contributed by atoms with Crippen LogP contribution in [0, 0.1) is 5.92 Å². The molecule has 0 amide bonds. The largest absolute Gasteiger partial charge is 0.497 e. The maximum Gasteiger partial charge on any atom is 0.119 e. The van der Waals surface area contributed by atoms with Gasteiger partial charge in [-0.3, -0.25) is 0 Å². The normalized spacial score (nSPS) is 39.3. The third-order valence-electron chi connectivity index (χ3n) is 5.74. The summed E-state index contributed by atoms with van der Waals surface area (Å²) in [6.45, 7) is 1.07. The van der Waals surface area contributed by atoms with Gasteiger partial charge in [-0.2, -0.15) is 0 Å². The fourth-order valence-electron chi connectivity index (χ4n) is 4.97. The SMILES string of the molecule is [2H]C([2H])([2H])Oc1ccc2c(c1)[C@@]13CCCC[C@H]1[C@@H](C2)NCC3. The van der Waals surface area contributed by atoms with Gasteiger partial charge in [0.2, 0.25) is 0 Å². The molecule has 1 aliphatic heterocycles. The number of fused-ring (bicyclic) bond motifs is 1. The van der Waals surface area contributed by atoms with E-state index in [9.17, 15) is 0 Å². The molecule has 0 aromatic heterocycles. The van der Waals surface area contributed by atoms with Gasteiger partial charge >= 0.3 is 0 Å². The predicted molar refractivity (Wildman–Crippen MR) is 76.7 cm³/mol. The number of benzene rings is 1. The molecule has 2 bridgehead atoms. The molecule has 1 N–H and O–H groups in total. The Morgan fingerprint density at radius 1 is 1.37 bits per heavy atom. The molecule has 2 fully saturated rings. The molecule has 1 saturated heterocycles. The standard InChI is InChI=1S/C17H23NO/c1-19-13-6-5-12-10-16-14-4-2-3-7-17(14,8-9-18-16)15(12)11-13/h5-6,11,14,16,18H,2-4,7-10H2,1H3/t14-,16+,17+/m0/s1/i1D3. The Morgan fingerprint density at radius 2 is 2.37 bits per heavy atom. The molecule has 3 atom stereocenters. The van der Waals surface area contributed by atoms with Crippen molar-refractivity contribution in [1.82, 2.24) is 5.32 Å². The number of hydrogen-bond donors (Lipinski definition) is 1. The number of rotatable bonds is 1. The average Bonchev–Trinajstić information content (AvgIpc) is 2.46. The van der Waals surface area contributed by atoms with Crippen molar-refractivity contribution in [2.24, 2.45) is 5.92 Å². The van der Waals surface area contributed by atoms with Crippen LogP contribution in [0.2, 0.25) is 0 Å². The summed E-state index contributed by atoms with van der Waals surface area (Å²) in [5.41, 5.74) is 3.00. The molecule has 0 radical (unpaired) electrons. The van der Waals surface area contributed by atoms with Gasteiger partial charge in [0.25, 0.3) is 0 Å². The molecule has 3 aliphatic rings. The fraction of sp³-hybridized carbons (Fsp3) is 0.647. The van der Waals surface area contributed by atoms with E-state index in [1.54, 1.807) is 0 Å². The topological polar surface area (TPSA) is 21.3 Å². The molecule has 0 unspecified atom stereocenters. The lowest BCUT2D eigenvalue weighted by molar-refractivity contribution is 0.0795. The second kappa shape index (κ2) is 4.24. The first-order chi connectivity index (χ1) is 10.5. The molecule has 102 valence electrons. The Hall–Kier alpha value is -1.02. The van der Waals surface area contributed by atoms with E-state index in [0.717, 1.165) is 13.0 Å². The molecule has 2 aliphatic carbocycles. The molecular formula is C17H23NO. The van der Waals surface area contributed by atoms with Crippen LogP contribution >= 0.6 is 0 Å². The highest BCUT2D eigenvalue weighted by Crippen LogP contribution is 2.54. The Balaban J connectivity index is 1.78. The van der Waals surface area contributed by atoms with E-state index in [0.29, 0.717) is 17.7 Å². The third kappa shape index (κ3) is 1.59. The van der Waals surface area contributed by atoms with Crippen LogP contribution in [0.1, 0.15) is 47.3 Å². The van der Waals surface area contributed by atoms with Crippen molar-refractivity contribution in [2.45, 2.75) is 50.0 Å². The predicted octanol–water partition coefficient (Wildman–Crippen LogP) is 3.04. The smallest absolute Gasteiger partial charge is 0.119 e. The number of methoxy groups -OCH3 is 1. The van der Waals surface area contributed by atoms with Gasteiger partial charge in [-0.25, -0.2) is 0 Å². The highest BCUT2D eigenvalue weighted by atomic mass is 16.5. The zero-order chi connectivity index (χ0) is 15.4. The molecule has 19 heavy (non-hydrogen) atoms. The summed E-state index contributed by atoms with van der Waals surface area (Å²) in [4.78, 5) is 0. The molecule has 2 nitrogen and oxygen atoms in total. The Bertz CT molecular complexity index is 582. The summed E-state index contributed by atoms with van der Waals surface area (Å²) in [6.07, 6.45) is 7.37. The van der Waals surface area contributed by atoms with Gasteiger partial charge in [-0.05, 0) is 61.4 Å². The summed E-state index contributed by atoms with van der Waals surface area (Å²) in [5, 5.41) is 3.72. The van der Waals surface area contributed by atoms with Crippen LogP contribution in [0.4, 0.5) is 0 Å². The van der Waals surface area contributed by atoms with E-state index in [-0.39, 0.29) is 5.41 Å². The second-order valence-corrected chi connectivity index (χ2v) is 6.44. The maximum atomic E-state index is 7.33. The van der Waals surface area contributed by atoms with E-state index in [1.165, 1.54) is 43.2 Å². The van der Waals surface area contributed by atoms with Gasteiger partial charge in [-0.1, -0.05) is 18.9 Å². The van der Waals surface area contributed by atoms with Gasteiger partial charge < -0.3 is 10.1 Å². The lowest BCUT2D eigenvalue weighted by Crippen LogP contribution is -2.59. The molecular weight excluding hydrogens is 234 g/mol. The van der Waals surface area contributed by atoms with Gasteiger partial charge in [0.1, 0.15) is 5.75 Å². The Labute approximate surface area is 119 Å². The Morgan fingerprint density at radius 3 is 3.32 bits per heavy atom. The number of nitrogens with one attached hydrogen (secondary N) is 1. The van der Waals surface area contributed by atoms with Crippen molar-refractivity contribution >= 4 is 0 Å². The van der Waals surface area contributed by atoms with Crippen LogP contribution in [0.15, 0.2) is 18.2 Å². The molecule has 1 aromatic carbocycles. The monoisotopic (exact) mass is 260 g/mol. The van der Waals surface area contributed by atoms with E-state index >= 15 is 0 Å². The minimum Gasteiger partial charge on any atom is -0.497 e. The Kier molecular flexibility index (Phi) is 2.01. The van der Waals surface area contributed by atoms with Crippen molar-refractivity contribution in [2.75, 3.05) is 13.6 Å². The highest BCUT2D eigenvalue weighted by Gasteiger charge is 2.51. The van der Waals surface area contributed by atoms with Crippen molar-refractivity contribution in [1.29, 1.82) is 0 Å². The first-order valence-corrected chi connectivity index (χ1v) is 7.54. The van der Waals surface area contributed by atoms with Crippen LogP contribution in [-0.4, -0.2) is 19.6 Å². The lowest BCUT2D eigenvalue weighted by atomic mass is 9.53. The third-order valence-corrected chi connectivity index (χ3v) is 5.74. The minimum absolute atomic E-state index is 0.246. The minimum atomic E-state index is -2.37. The quantitative estimate of drug-likeness (QED) is 0.838. The molecule has 0 spiro atoms. The number of hydrogen-bond acceptors (Lipinski definition) is 2. The van der Waals surface area contributed by atoms with E-state index in [4.69, 9.17) is 8.85 Å². The van der Waals surface area contributed by atoms with E-state index < -0.39 is 7.04 Å². The summed E-state index contributed by atoms with van der Waals surface area (Å²) < 4.78 is 27.2.